The minimum atomic E-state index is -1.46. The maximum absolute atomic E-state index is 13.8. The Hall–Kier alpha value is -3.41. The standard InChI is InChI=1S/C26H26O6/c1-30-19-12-10-18(11-13-19)22(27)26-16-25(23(28)31-2,24(29)32-3)15-21(26)20(26)14-9-17-7-5-4-6-8-17/h4-14,20-21H,15-16H2,1-3H3/b14-9+/t20-,21-,26-/m1/s1. The van der Waals surface area contributed by atoms with Gasteiger partial charge < -0.3 is 14.2 Å². The van der Waals surface area contributed by atoms with Gasteiger partial charge in [-0.1, -0.05) is 42.5 Å². The van der Waals surface area contributed by atoms with Crippen LogP contribution in [0.15, 0.2) is 60.7 Å². The maximum Gasteiger partial charge on any atom is 0.323 e. The second-order valence-electron chi connectivity index (χ2n) is 8.45. The Morgan fingerprint density at radius 2 is 1.53 bits per heavy atom. The Morgan fingerprint density at radius 3 is 2.09 bits per heavy atom. The van der Waals surface area contributed by atoms with Gasteiger partial charge in [-0.2, -0.15) is 0 Å². The van der Waals surface area contributed by atoms with Gasteiger partial charge in [0.15, 0.2) is 11.2 Å². The SMILES string of the molecule is COC(=O)C1(C(=O)OC)C[C@@H]2[C@@H](/C=C/c3ccccc3)[C@]2(C(=O)c2ccc(OC)cc2)C1. The van der Waals surface area contributed by atoms with Gasteiger partial charge in [-0.15, -0.1) is 0 Å². The number of ether oxygens (including phenoxy) is 3. The van der Waals surface area contributed by atoms with Gasteiger partial charge in [0, 0.05) is 11.0 Å². The highest BCUT2D eigenvalue weighted by Crippen LogP contribution is 2.75. The molecule has 6 nitrogen and oxygen atoms in total. The predicted octanol–water partition coefficient (Wildman–Crippen LogP) is 3.95. The van der Waals surface area contributed by atoms with Gasteiger partial charge in [-0.05, 0) is 54.5 Å². The molecule has 2 aromatic carbocycles. The van der Waals surface area contributed by atoms with Crippen molar-refractivity contribution >= 4 is 23.8 Å². The number of hydrogen-bond acceptors (Lipinski definition) is 6. The van der Waals surface area contributed by atoms with Crippen LogP contribution in [0.5, 0.6) is 5.75 Å². The molecule has 0 saturated heterocycles. The summed E-state index contributed by atoms with van der Waals surface area (Å²) in [6, 6.07) is 16.7. The van der Waals surface area contributed by atoms with E-state index in [0.717, 1.165) is 5.56 Å². The van der Waals surface area contributed by atoms with E-state index in [1.165, 1.54) is 14.2 Å². The van der Waals surface area contributed by atoms with Crippen LogP contribution >= 0.6 is 0 Å². The lowest BCUT2D eigenvalue weighted by Gasteiger charge is -2.27. The average Bonchev–Trinajstić information content (AvgIpc) is 3.27. The maximum atomic E-state index is 13.8. The second kappa shape index (κ2) is 8.26. The lowest BCUT2D eigenvalue weighted by molar-refractivity contribution is -0.169. The number of rotatable bonds is 7. The van der Waals surface area contributed by atoms with E-state index in [4.69, 9.17) is 14.2 Å². The molecule has 2 fully saturated rings. The largest absolute Gasteiger partial charge is 0.497 e. The highest BCUT2D eigenvalue weighted by atomic mass is 16.5. The molecule has 0 amide bonds. The van der Waals surface area contributed by atoms with Crippen LogP contribution in [-0.4, -0.2) is 39.1 Å². The summed E-state index contributed by atoms with van der Waals surface area (Å²) in [4.78, 5) is 39.2. The molecular formula is C26H26O6. The van der Waals surface area contributed by atoms with Crippen LogP contribution in [0.1, 0.15) is 28.8 Å². The predicted molar refractivity (Wildman–Crippen MR) is 118 cm³/mol. The third kappa shape index (κ3) is 3.30. The molecular weight excluding hydrogens is 408 g/mol. The molecule has 2 aliphatic carbocycles. The summed E-state index contributed by atoms with van der Waals surface area (Å²) in [6.45, 7) is 0. The molecule has 32 heavy (non-hydrogen) atoms. The molecule has 6 heteroatoms. The minimum absolute atomic E-state index is 0.0681. The summed E-state index contributed by atoms with van der Waals surface area (Å²) in [5.74, 6) is -0.970. The molecule has 0 aromatic heterocycles. The Bertz CT molecular complexity index is 1040. The molecule has 0 spiro atoms. The van der Waals surface area contributed by atoms with E-state index in [2.05, 4.69) is 0 Å². The van der Waals surface area contributed by atoms with Crippen LogP contribution in [0.2, 0.25) is 0 Å². The van der Waals surface area contributed by atoms with E-state index in [9.17, 15) is 14.4 Å². The number of ketones is 1. The van der Waals surface area contributed by atoms with Crippen molar-refractivity contribution in [3.8, 4) is 5.75 Å². The van der Waals surface area contributed by atoms with Gasteiger partial charge in [-0.3, -0.25) is 14.4 Å². The fourth-order valence-corrected chi connectivity index (χ4v) is 5.34. The number of carbonyl (C=O) groups excluding carboxylic acids is 3. The average molecular weight is 434 g/mol. The molecule has 4 rings (SSSR count). The Morgan fingerprint density at radius 1 is 0.906 bits per heavy atom. The van der Waals surface area contributed by atoms with Gasteiger partial charge in [0.25, 0.3) is 0 Å². The van der Waals surface area contributed by atoms with E-state index in [-0.39, 0.29) is 30.5 Å². The number of methoxy groups -OCH3 is 3. The van der Waals surface area contributed by atoms with Crippen molar-refractivity contribution < 1.29 is 28.6 Å². The normalized spacial score (nSPS) is 25.1. The number of fused-ring (bicyclic) bond motifs is 1. The molecule has 0 radical (unpaired) electrons. The highest BCUT2D eigenvalue weighted by molar-refractivity contribution is 6.08. The quantitative estimate of drug-likeness (QED) is 0.373. The van der Waals surface area contributed by atoms with Gasteiger partial charge in [0.05, 0.1) is 21.3 Å². The van der Waals surface area contributed by atoms with E-state index in [1.54, 1.807) is 31.4 Å². The summed E-state index contributed by atoms with van der Waals surface area (Å²) in [7, 11) is 4.07. The monoisotopic (exact) mass is 434 g/mol. The van der Waals surface area contributed by atoms with Crippen molar-refractivity contribution in [1.82, 2.24) is 0 Å². The Balaban J connectivity index is 1.71. The lowest BCUT2D eigenvalue weighted by Crippen LogP contribution is -2.42. The first-order valence-corrected chi connectivity index (χ1v) is 10.5. The molecule has 2 aliphatic rings. The molecule has 0 N–H and O–H groups in total. The first kappa shape index (κ1) is 21.8. The van der Waals surface area contributed by atoms with E-state index in [1.807, 2.05) is 42.5 Å². The summed E-state index contributed by atoms with van der Waals surface area (Å²) < 4.78 is 15.1. The smallest absolute Gasteiger partial charge is 0.323 e. The summed E-state index contributed by atoms with van der Waals surface area (Å²) in [5.41, 5.74) is -0.774. The number of esters is 2. The fraction of sp³-hybridized carbons (Fsp3) is 0.346. The van der Waals surface area contributed by atoms with Crippen molar-refractivity contribution in [1.29, 1.82) is 0 Å². The molecule has 0 unspecified atom stereocenters. The number of hydrogen-bond donors (Lipinski definition) is 0. The van der Waals surface area contributed by atoms with Crippen LogP contribution < -0.4 is 4.74 Å². The van der Waals surface area contributed by atoms with Crippen LogP contribution in [0.25, 0.3) is 6.08 Å². The third-order valence-corrected chi connectivity index (χ3v) is 6.97. The van der Waals surface area contributed by atoms with E-state index >= 15 is 0 Å². The Labute approximate surface area is 187 Å². The lowest BCUT2D eigenvalue weighted by atomic mass is 9.76. The van der Waals surface area contributed by atoms with Crippen molar-refractivity contribution in [2.24, 2.45) is 22.7 Å². The molecule has 2 saturated carbocycles. The summed E-state index contributed by atoms with van der Waals surface area (Å²) >= 11 is 0. The zero-order chi connectivity index (χ0) is 22.9. The van der Waals surface area contributed by atoms with Gasteiger partial charge in [0.1, 0.15) is 5.75 Å². The topological polar surface area (TPSA) is 78.9 Å². The van der Waals surface area contributed by atoms with Crippen molar-refractivity contribution in [2.45, 2.75) is 12.8 Å². The number of carbonyl (C=O) groups is 3. The van der Waals surface area contributed by atoms with Gasteiger partial charge in [-0.25, -0.2) is 0 Å². The minimum Gasteiger partial charge on any atom is -0.497 e. The van der Waals surface area contributed by atoms with Crippen molar-refractivity contribution in [3.05, 3.63) is 71.8 Å². The molecule has 2 aromatic rings. The van der Waals surface area contributed by atoms with Crippen molar-refractivity contribution in [3.63, 3.8) is 0 Å². The van der Waals surface area contributed by atoms with Crippen LogP contribution in [-0.2, 0) is 19.1 Å². The van der Waals surface area contributed by atoms with Crippen molar-refractivity contribution in [2.75, 3.05) is 21.3 Å². The molecule has 0 aliphatic heterocycles. The number of benzene rings is 2. The fourth-order valence-electron chi connectivity index (χ4n) is 5.34. The Kier molecular flexibility index (Phi) is 5.63. The summed E-state index contributed by atoms with van der Waals surface area (Å²) in [6.07, 6.45) is 4.31. The molecule has 0 bridgehead atoms. The van der Waals surface area contributed by atoms with E-state index < -0.39 is 22.8 Å². The zero-order valence-electron chi connectivity index (χ0n) is 18.4. The van der Waals surface area contributed by atoms with Gasteiger partial charge in [0.2, 0.25) is 0 Å². The highest BCUT2D eigenvalue weighted by Gasteiger charge is 2.79. The first-order chi connectivity index (χ1) is 15.4. The number of Topliss-reactive ketones (excluding diaryl/α,β-unsaturated/α-hetero) is 1. The number of allylic oxidation sites excluding steroid dienone is 1. The van der Waals surface area contributed by atoms with Crippen LogP contribution in [0.4, 0.5) is 0 Å². The zero-order valence-corrected chi connectivity index (χ0v) is 18.4. The van der Waals surface area contributed by atoms with Crippen LogP contribution in [0.3, 0.4) is 0 Å². The molecule has 3 atom stereocenters. The van der Waals surface area contributed by atoms with Crippen LogP contribution in [0, 0.1) is 22.7 Å². The van der Waals surface area contributed by atoms with E-state index in [0.29, 0.717) is 11.3 Å². The first-order valence-electron chi connectivity index (χ1n) is 10.5. The van der Waals surface area contributed by atoms with Gasteiger partial charge >= 0.3 is 11.9 Å². The molecule has 0 heterocycles. The summed E-state index contributed by atoms with van der Waals surface area (Å²) in [5, 5.41) is 0. The molecule has 166 valence electrons. The second-order valence-corrected chi connectivity index (χ2v) is 8.45. The third-order valence-electron chi connectivity index (χ3n) is 6.97.